The third kappa shape index (κ3) is 5.88. The standard InChI is InChI=1S/C25H30FN3O3S/c1-28(14-3-17-32-23-8-6-22(26)7-9-23)19-20-11-15-29(16-12-20)33(30,31)25-5-2-4-21-18-27-13-10-24(21)25/h2,4-10,13,18,20H,3,11-12,14-17,19H2,1H3. The first-order valence-electron chi connectivity index (χ1n) is 11.3. The predicted octanol–water partition coefficient (Wildman–Crippen LogP) is 4.18. The number of nitrogens with zero attached hydrogens (tertiary/aromatic N) is 3. The molecule has 2 aromatic carbocycles. The summed E-state index contributed by atoms with van der Waals surface area (Å²) in [5.74, 6) is 0.877. The highest BCUT2D eigenvalue weighted by molar-refractivity contribution is 7.89. The Kier molecular flexibility index (Phi) is 7.57. The van der Waals surface area contributed by atoms with E-state index in [1.165, 1.54) is 12.1 Å². The Morgan fingerprint density at radius 1 is 1.12 bits per heavy atom. The summed E-state index contributed by atoms with van der Waals surface area (Å²) in [5, 5.41) is 1.55. The van der Waals surface area contributed by atoms with Crippen LogP contribution in [0.4, 0.5) is 4.39 Å². The minimum atomic E-state index is -3.54. The highest BCUT2D eigenvalue weighted by Crippen LogP contribution is 2.28. The highest BCUT2D eigenvalue weighted by atomic mass is 32.2. The van der Waals surface area contributed by atoms with Crippen LogP contribution in [-0.2, 0) is 10.0 Å². The van der Waals surface area contributed by atoms with E-state index in [0.29, 0.717) is 36.3 Å². The summed E-state index contributed by atoms with van der Waals surface area (Å²) < 4.78 is 46.8. The van der Waals surface area contributed by atoms with Gasteiger partial charge in [-0.05, 0) is 68.6 Å². The number of piperidine rings is 1. The van der Waals surface area contributed by atoms with Crippen LogP contribution in [-0.4, -0.2) is 62.4 Å². The number of benzene rings is 2. The average molecular weight is 472 g/mol. The molecule has 4 rings (SSSR count). The van der Waals surface area contributed by atoms with Gasteiger partial charge in [0.2, 0.25) is 10.0 Å². The number of rotatable bonds is 9. The lowest BCUT2D eigenvalue weighted by Crippen LogP contribution is -2.41. The van der Waals surface area contributed by atoms with Crippen molar-refractivity contribution in [1.29, 1.82) is 0 Å². The SMILES string of the molecule is CN(CCCOc1ccc(F)cc1)CC1CCN(S(=O)(=O)c2cccc3cnccc23)CC1. The fourth-order valence-electron chi connectivity index (χ4n) is 4.38. The maximum absolute atomic E-state index is 13.3. The first kappa shape index (κ1) is 23.6. The lowest BCUT2D eigenvalue weighted by atomic mass is 9.97. The molecule has 33 heavy (non-hydrogen) atoms. The van der Waals surface area contributed by atoms with Crippen LogP contribution in [0.3, 0.4) is 0 Å². The van der Waals surface area contributed by atoms with E-state index in [0.717, 1.165) is 43.1 Å². The number of pyridine rings is 1. The Bertz CT molecular complexity index is 1160. The molecule has 0 radical (unpaired) electrons. The van der Waals surface area contributed by atoms with E-state index in [1.54, 1.807) is 47.0 Å². The largest absolute Gasteiger partial charge is 0.494 e. The lowest BCUT2D eigenvalue weighted by Gasteiger charge is -2.33. The maximum atomic E-state index is 13.3. The topological polar surface area (TPSA) is 62.7 Å². The minimum absolute atomic E-state index is 0.268. The first-order valence-corrected chi connectivity index (χ1v) is 12.8. The molecule has 1 aromatic heterocycles. The van der Waals surface area contributed by atoms with E-state index < -0.39 is 10.0 Å². The number of ether oxygens (including phenoxy) is 1. The van der Waals surface area contributed by atoms with Crippen LogP contribution in [0.5, 0.6) is 5.75 Å². The third-order valence-corrected chi connectivity index (χ3v) is 8.13. The zero-order valence-electron chi connectivity index (χ0n) is 18.9. The van der Waals surface area contributed by atoms with Crippen molar-refractivity contribution in [3.8, 4) is 5.75 Å². The fourth-order valence-corrected chi connectivity index (χ4v) is 6.06. The number of aromatic nitrogens is 1. The summed E-state index contributed by atoms with van der Waals surface area (Å²) in [6, 6.07) is 13.2. The third-order valence-electron chi connectivity index (χ3n) is 6.17. The smallest absolute Gasteiger partial charge is 0.243 e. The predicted molar refractivity (Wildman–Crippen MR) is 127 cm³/mol. The quantitative estimate of drug-likeness (QED) is 0.438. The van der Waals surface area contributed by atoms with E-state index in [-0.39, 0.29) is 5.82 Å². The zero-order chi connectivity index (χ0) is 23.3. The Labute approximate surface area is 195 Å². The Balaban J connectivity index is 1.24. The molecule has 3 aromatic rings. The van der Waals surface area contributed by atoms with Crippen molar-refractivity contribution in [2.75, 3.05) is 39.8 Å². The van der Waals surface area contributed by atoms with Crippen molar-refractivity contribution < 1.29 is 17.5 Å². The molecule has 1 aliphatic heterocycles. The van der Waals surface area contributed by atoms with Crippen LogP contribution in [0.2, 0.25) is 0 Å². The molecular weight excluding hydrogens is 441 g/mol. The molecule has 1 aliphatic rings. The van der Waals surface area contributed by atoms with Crippen LogP contribution in [0, 0.1) is 11.7 Å². The second kappa shape index (κ2) is 10.6. The summed E-state index contributed by atoms with van der Waals surface area (Å²) in [5.41, 5.74) is 0. The van der Waals surface area contributed by atoms with Gasteiger partial charge in [-0.25, -0.2) is 12.8 Å². The zero-order valence-corrected chi connectivity index (χ0v) is 19.7. The molecule has 6 nitrogen and oxygen atoms in total. The molecule has 0 aliphatic carbocycles. The molecule has 176 valence electrons. The molecule has 8 heteroatoms. The van der Waals surface area contributed by atoms with Crippen molar-refractivity contribution in [3.05, 3.63) is 66.7 Å². The Morgan fingerprint density at radius 2 is 1.88 bits per heavy atom. The van der Waals surface area contributed by atoms with Crippen molar-refractivity contribution >= 4 is 20.8 Å². The summed E-state index contributed by atoms with van der Waals surface area (Å²) in [7, 11) is -1.45. The number of sulfonamides is 1. The van der Waals surface area contributed by atoms with E-state index >= 15 is 0 Å². The summed E-state index contributed by atoms with van der Waals surface area (Å²) >= 11 is 0. The summed E-state index contributed by atoms with van der Waals surface area (Å²) in [6.07, 6.45) is 5.90. The van der Waals surface area contributed by atoms with Crippen LogP contribution in [0.15, 0.2) is 65.8 Å². The van der Waals surface area contributed by atoms with Crippen LogP contribution in [0.25, 0.3) is 10.8 Å². The van der Waals surface area contributed by atoms with Gasteiger partial charge in [-0.15, -0.1) is 0 Å². The van der Waals surface area contributed by atoms with Gasteiger partial charge < -0.3 is 9.64 Å². The van der Waals surface area contributed by atoms with Gasteiger partial charge >= 0.3 is 0 Å². The molecule has 1 fully saturated rings. The monoisotopic (exact) mass is 471 g/mol. The fraction of sp³-hybridized carbons (Fsp3) is 0.400. The summed E-state index contributed by atoms with van der Waals surface area (Å²) in [6.45, 7) is 3.48. The van der Waals surface area contributed by atoms with Crippen molar-refractivity contribution in [2.24, 2.45) is 5.92 Å². The van der Waals surface area contributed by atoms with Gasteiger partial charge in [-0.2, -0.15) is 4.31 Å². The average Bonchev–Trinajstić information content (AvgIpc) is 2.83. The second-order valence-corrected chi connectivity index (χ2v) is 10.5. The number of halogens is 1. The molecule has 1 saturated heterocycles. The molecular formula is C25H30FN3O3S. The number of fused-ring (bicyclic) bond motifs is 1. The van der Waals surface area contributed by atoms with Crippen LogP contribution in [0.1, 0.15) is 19.3 Å². The maximum Gasteiger partial charge on any atom is 0.243 e. The van der Waals surface area contributed by atoms with E-state index in [1.807, 2.05) is 6.07 Å². The van der Waals surface area contributed by atoms with E-state index in [4.69, 9.17) is 4.74 Å². The van der Waals surface area contributed by atoms with Gasteiger partial charge in [0.15, 0.2) is 0 Å². The van der Waals surface area contributed by atoms with E-state index in [2.05, 4.69) is 16.9 Å². The highest BCUT2D eigenvalue weighted by Gasteiger charge is 2.30. The number of hydrogen-bond donors (Lipinski definition) is 0. The lowest BCUT2D eigenvalue weighted by molar-refractivity contribution is 0.195. The van der Waals surface area contributed by atoms with E-state index in [9.17, 15) is 12.8 Å². The molecule has 0 unspecified atom stereocenters. The molecule has 0 spiro atoms. The van der Waals surface area contributed by atoms with Crippen molar-refractivity contribution in [1.82, 2.24) is 14.2 Å². The van der Waals surface area contributed by atoms with Gasteiger partial charge in [0.1, 0.15) is 11.6 Å². The van der Waals surface area contributed by atoms with Gasteiger partial charge in [0.05, 0.1) is 11.5 Å². The van der Waals surface area contributed by atoms with Crippen LogP contribution >= 0.6 is 0 Å². The van der Waals surface area contributed by atoms with Crippen molar-refractivity contribution in [2.45, 2.75) is 24.2 Å². The van der Waals surface area contributed by atoms with Gasteiger partial charge in [0, 0.05) is 49.3 Å². The molecule has 0 bridgehead atoms. The normalized spacial score (nSPS) is 15.8. The van der Waals surface area contributed by atoms with Gasteiger partial charge in [0.25, 0.3) is 0 Å². The molecule has 0 saturated carbocycles. The Morgan fingerprint density at radius 3 is 2.64 bits per heavy atom. The minimum Gasteiger partial charge on any atom is -0.494 e. The molecule has 0 amide bonds. The molecule has 2 heterocycles. The molecule has 0 atom stereocenters. The van der Waals surface area contributed by atoms with Crippen molar-refractivity contribution in [3.63, 3.8) is 0 Å². The van der Waals surface area contributed by atoms with Gasteiger partial charge in [-0.3, -0.25) is 4.98 Å². The van der Waals surface area contributed by atoms with Gasteiger partial charge in [-0.1, -0.05) is 12.1 Å². The first-order chi connectivity index (χ1) is 15.9. The Hall–Kier alpha value is -2.55. The molecule has 0 N–H and O–H groups in total. The second-order valence-electron chi connectivity index (χ2n) is 8.62. The number of hydrogen-bond acceptors (Lipinski definition) is 5. The summed E-state index contributed by atoms with van der Waals surface area (Å²) in [4.78, 5) is 6.74. The van der Waals surface area contributed by atoms with Crippen LogP contribution < -0.4 is 4.74 Å².